The Morgan fingerprint density at radius 2 is 1.50 bits per heavy atom. The summed E-state index contributed by atoms with van der Waals surface area (Å²) in [6.07, 6.45) is 0. The first-order valence-electron chi connectivity index (χ1n) is 2.01. The van der Waals surface area contributed by atoms with Gasteiger partial charge in [0.2, 0.25) is 0 Å². The lowest BCUT2D eigenvalue weighted by Gasteiger charge is -1.79. The largest absolute Gasteiger partial charge is 0.394 e. The first-order chi connectivity index (χ1) is 4.27. The van der Waals surface area contributed by atoms with Gasteiger partial charge in [0.15, 0.2) is 8.03 Å². The lowest BCUT2D eigenvalue weighted by Crippen LogP contribution is -1.89. The zero-order valence-corrected chi connectivity index (χ0v) is 7.25. The van der Waals surface area contributed by atoms with E-state index >= 15 is 0 Å². The van der Waals surface area contributed by atoms with E-state index in [9.17, 15) is 4.57 Å². The quantitative estimate of drug-likeness (QED) is 0.450. The van der Waals surface area contributed by atoms with Crippen LogP contribution in [0.25, 0.3) is 0 Å². The molecule has 6 nitrogen and oxygen atoms in total. The summed E-state index contributed by atoms with van der Waals surface area (Å²) in [6, 6.07) is 0. The van der Waals surface area contributed by atoms with Crippen molar-refractivity contribution >= 4 is 18.4 Å². The molecule has 0 amide bonds. The maximum Gasteiger partial charge on any atom is 0.394 e. The van der Waals surface area contributed by atoms with Gasteiger partial charge in [-0.3, -0.25) is 13.7 Å². The topological polar surface area (TPSA) is 101 Å². The van der Waals surface area contributed by atoms with Crippen LogP contribution in [0.2, 0.25) is 0 Å². The smallest absolute Gasteiger partial charge is 0.334 e. The van der Waals surface area contributed by atoms with Crippen molar-refractivity contribution in [1.29, 1.82) is 0 Å². The molecule has 0 aromatic carbocycles. The monoisotopic (exact) mass is 192 g/mol. The molecule has 0 aromatic rings. The van der Waals surface area contributed by atoms with Gasteiger partial charge in [-0.05, 0) is 0 Å². The molecule has 0 aliphatic rings. The predicted octanol–water partition coefficient (Wildman–Crippen LogP) is 0.0845. The molecule has 0 radical (unpaired) electrons. The summed E-state index contributed by atoms with van der Waals surface area (Å²) in [4.78, 5) is 0. The molecular weight excluding hydrogens is 183 g/mol. The third-order valence-electron chi connectivity index (χ3n) is 0.287. The summed E-state index contributed by atoms with van der Waals surface area (Å²) in [5.74, 6) is 0. The first-order valence-corrected chi connectivity index (χ1v) is 5.23. The fraction of sp³-hybridized carbons (Fsp3) is 1.00. The molecular formula is C2H9O6PS. The van der Waals surface area contributed by atoms with Crippen molar-refractivity contribution < 1.29 is 26.6 Å². The van der Waals surface area contributed by atoms with E-state index in [1.807, 2.05) is 0 Å². The molecule has 0 fully saturated rings. The van der Waals surface area contributed by atoms with Crippen molar-refractivity contribution in [3.63, 3.8) is 0 Å². The van der Waals surface area contributed by atoms with Crippen molar-refractivity contribution in [2.75, 3.05) is 13.8 Å². The van der Waals surface area contributed by atoms with Crippen LogP contribution < -0.4 is 0 Å². The molecule has 0 heterocycles. The highest BCUT2D eigenvalue weighted by Gasteiger charge is 1.84. The highest BCUT2D eigenvalue weighted by atomic mass is 32.3. The summed E-state index contributed by atoms with van der Waals surface area (Å²) >= 11 is 0. The van der Waals surface area contributed by atoms with E-state index in [1.165, 1.54) is 7.11 Å². The molecule has 1 unspecified atom stereocenters. The van der Waals surface area contributed by atoms with Crippen LogP contribution in [0.15, 0.2) is 0 Å². The first kappa shape index (κ1) is 12.7. The Morgan fingerprint density at radius 1 is 1.40 bits per heavy atom. The molecule has 0 spiro atoms. The summed E-state index contributed by atoms with van der Waals surface area (Å²) < 4.78 is 45.7. The van der Waals surface area contributed by atoms with Crippen LogP contribution in [0.3, 0.4) is 0 Å². The average molecular weight is 192 g/mol. The molecule has 0 saturated heterocycles. The van der Waals surface area contributed by atoms with Crippen molar-refractivity contribution in [1.82, 2.24) is 0 Å². The normalized spacial score (nSPS) is 13.2. The number of hydrogen-bond donors (Lipinski definition) is 2. The van der Waals surface area contributed by atoms with Crippen LogP contribution in [0.5, 0.6) is 0 Å². The van der Waals surface area contributed by atoms with Gasteiger partial charge in [-0.1, -0.05) is 0 Å². The SMILES string of the molecule is CO[PH](C)=O.O=S(=O)(O)O. The molecule has 1 atom stereocenters. The number of hydrogen-bond acceptors (Lipinski definition) is 4. The van der Waals surface area contributed by atoms with Crippen molar-refractivity contribution in [3.8, 4) is 0 Å². The fourth-order valence-corrected chi connectivity index (χ4v) is 0. The molecule has 8 heteroatoms. The Kier molecular flexibility index (Phi) is 7.39. The molecule has 0 aliphatic heterocycles. The zero-order valence-electron chi connectivity index (χ0n) is 5.44. The van der Waals surface area contributed by atoms with Gasteiger partial charge < -0.3 is 4.52 Å². The number of rotatable bonds is 1. The standard InChI is InChI=1S/C2H7O2P.H2O4S/c1-4-5(2)3;1-5(2,3)4/h5H,1-2H3;(H2,1,2,3,4). The van der Waals surface area contributed by atoms with Crippen LogP contribution in [0.1, 0.15) is 0 Å². The summed E-state index contributed by atoms with van der Waals surface area (Å²) in [5.41, 5.74) is 0. The van der Waals surface area contributed by atoms with Gasteiger partial charge in [-0.15, -0.1) is 0 Å². The molecule has 0 aliphatic carbocycles. The van der Waals surface area contributed by atoms with Crippen LogP contribution >= 0.6 is 8.03 Å². The van der Waals surface area contributed by atoms with Crippen LogP contribution in [-0.2, 0) is 19.5 Å². The summed E-state index contributed by atoms with van der Waals surface area (Å²) in [7, 11) is -4.86. The Labute approximate surface area is 59.6 Å². The highest BCUT2D eigenvalue weighted by molar-refractivity contribution is 7.79. The Balaban J connectivity index is 0. The second kappa shape index (κ2) is 5.82. The molecule has 0 saturated carbocycles. The van der Waals surface area contributed by atoms with Gasteiger partial charge in [0.25, 0.3) is 0 Å². The van der Waals surface area contributed by atoms with Gasteiger partial charge >= 0.3 is 10.4 Å². The predicted molar refractivity (Wildman–Crippen MR) is 36.1 cm³/mol. The maximum absolute atomic E-state index is 9.78. The maximum atomic E-state index is 9.78. The van der Waals surface area contributed by atoms with Gasteiger partial charge in [-0.25, -0.2) is 0 Å². The molecule has 0 bridgehead atoms. The lowest BCUT2D eigenvalue weighted by atomic mass is 11.8. The van der Waals surface area contributed by atoms with Gasteiger partial charge in [0.05, 0.1) is 0 Å². The Bertz CT molecular complexity index is 174. The molecule has 2 N–H and O–H groups in total. The second-order valence-electron chi connectivity index (χ2n) is 1.14. The third-order valence-corrected chi connectivity index (χ3v) is 0.862. The van der Waals surface area contributed by atoms with E-state index in [1.54, 1.807) is 6.66 Å². The zero-order chi connectivity index (χ0) is 8.78. The van der Waals surface area contributed by atoms with E-state index in [-0.39, 0.29) is 0 Å². The highest BCUT2D eigenvalue weighted by Crippen LogP contribution is 2.10. The minimum Gasteiger partial charge on any atom is -0.334 e. The van der Waals surface area contributed by atoms with Crippen LogP contribution in [0.4, 0.5) is 0 Å². The van der Waals surface area contributed by atoms with Crippen LogP contribution in [-0.4, -0.2) is 31.3 Å². The Morgan fingerprint density at radius 3 is 1.50 bits per heavy atom. The average Bonchev–Trinajstić information content (AvgIpc) is 1.61. The molecule has 0 rings (SSSR count). The van der Waals surface area contributed by atoms with Gasteiger partial charge in [-0.2, -0.15) is 8.42 Å². The third kappa shape index (κ3) is 94.7. The Hall–Kier alpha value is 0.0600. The van der Waals surface area contributed by atoms with Crippen molar-refractivity contribution in [3.05, 3.63) is 0 Å². The summed E-state index contributed by atoms with van der Waals surface area (Å²) in [6.45, 7) is 1.55. The van der Waals surface area contributed by atoms with Crippen LogP contribution in [0, 0.1) is 0 Å². The fourth-order valence-electron chi connectivity index (χ4n) is 0. The molecule has 0 aromatic heterocycles. The summed E-state index contributed by atoms with van der Waals surface area (Å²) in [5, 5.41) is 0. The lowest BCUT2D eigenvalue weighted by molar-refractivity contribution is 0.381. The molecule has 10 heavy (non-hydrogen) atoms. The van der Waals surface area contributed by atoms with E-state index < -0.39 is 18.4 Å². The second-order valence-corrected chi connectivity index (χ2v) is 3.43. The van der Waals surface area contributed by atoms with Crippen molar-refractivity contribution in [2.24, 2.45) is 0 Å². The van der Waals surface area contributed by atoms with E-state index in [0.29, 0.717) is 0 Å². The van der Waals surface area contributed by atoms with E-state index in [0.717, 1.165) is 0 Å². The van der Waals surface area contributed by atoms with Crippen molar-refractivity contribution in [2.45, 2.75) is 0 Å². The van der Waals surface area contributed by atoms with E-state index in [2.05, 4.69) is 4.52 Å². The van der Waals surface area contributed by atoms with Gasteiger partial charge in [0, 0.05) is 13.8 Å². The van der Waals surface area contributed by atoms with Gasteiger partial charge in [0.1, 0.15) is 0 Å². The van der Waals surface area contributed by atoms with E-state index in [4.69, 9.17) is 17.5 Å². The molecule has 64 valence electrons. The minimum atomic E-state index is -4.67. The minimum absolute atomic E-state index is 1.43.